The summed E-state index contributed by atoms with van der Waals surface area (Å²) in [6, 6.07) is 20.7. The maximum absolute atomic E-state index is 13.0. The van der Waals surface area contributed by atoms with Gasteiger partial charge >= 0.3 is 0 Å². The Labute approximate surface area is 169 Å². The zero-order chi connectivity index (χ0) is 20.4. The van der Waals surface area contributed by atoms with E-state index < -0.39 is 0 Å². The summed E-state index contributed by atoms with van der Waals surface area (Å²) in [5.74, 6) is -0.669. The molecule has 0 radical (unpaired) electrons. The first-order chi connectivity index (χ1) is 14.0. The van der Waals surface area contributed by atoms with Gasteiger partial charge in [-0.3, -0.25) is 9.59 Å². The number of benzene rings is 3. The molecule has 3 aromatic carbocycles. The molecule has 1 heterocycles. The lowest BCUT2D eigenvalue weighted by Gasteiger charge is -2.23. The van der Waals surface area contributed by atoms with Gasteiger partial charge in [-0.25, -0.2) is 4.39 Å². The molecule has 1 unspecified atom stereocenters. The lowest BCUT2D eigenvalue weighted by Crippen LogP contribution is -2.35. The van der Waals surface area contributed by atoms with Gasteiger partial charge in [0.05, 0.1) is 0 Å². The molecule has 146 valence electrons. The number of carbonyl (C=O) groups is 2. The Balaban J connectivity index is 1.52. The summed E-state index contributed by atoms with van der Waals surface area (Å²) < 4.78 is 13.0. The third-order valence-corrected chi connectivity index (χ3v) is 5.16. The predicted octanol–water partition coefficient (Wildman–Crippen LogP) is 4.35. The first-order valence-corrected chi connectivity index (χ1v) is 9.57. The van der Waals surface area contributed by atoms with Crippen LogP contribution < -0.4 is 10.2 Å². The van der Waals surface area contributed by atoms with Crippen LogP contribution in [0.2, 0.25) is 0 Å². The van der Waals surface area contributed by atoms with E-state index in [0.29, 0.717) is 17.7 Å². The average Bonchev–Trinajstić information content (AvgIpc) is 3.07. The number of fused-ring (bicyclic) bond motifs is 1. The molecule has 0 saturated carbocycles. The molecule has 4 nitrogen and oxygen atoms in total. The van der Waals surface area contributed by atoms with Crippen LogP contribution in [0.3, 0.4) is 0 Å². The highest BCUT2D eigenvalue weighted by atomic mass is 19.1. The van der Waals surface area contributed by atoms with Crippen LogP contribution in [0.1, 0.15) is 38.8 Å². The van der Waals surface area contributed by atoms with Crippen molar-refractivity contribution < 1.29 is 14.0 Å². The third kappa shape index (κ3) is 3.90. The second-order valence-corrected chi connectivity index (χ2v) is 7.25. The second-order valence-electron chi connectivity index (χ2n) is 7.25. The fourth-order valence-corrected chi connectivity index (χ4v) is 3.68. The Morgan fingerprint density at radius 2 is 1.72 bits per heavy atom. The van der Waals surface area contributed by atoms with Crippen molar-refractivity contribution in [3.63, 3.8) is 0 Å². The van der Waals surface area contributed by atoms with E-state index in [1.807, 2.05) is 60.4 Å². The van der Waals surface area contributed by atoms with E-state index in [2.05, 4.69) is 5.32 Å². The lowest BCUT2D eigenvalue weighted by molar-refractivity contribution is 0.0948. The summed E-state index contributed by atoms with van der Waals surface area (Å²) in [4.78, 5) is 27.1. The first kappa shape index (κ1) is 18.9. The topological polar surface area (TPSA) is 49.4 Å². The van der Waals surface area contributed by atoms with E-state index in [4.69, 9.17) is 0 Å². The molecule has 0 fully saturated rings. The van der Waals surface area contributed by atoms with E-state index in [1.165, 1.54) is 24.3 Å². The highest BCUT2D eigenvalue weighted by molar-refractivity contribution is 6.07. The van der Waals surface area contributed by atoms with Gasteiger partial charge in [0.2, 0.25) is 0 Å². The zero-order valence-corrected chi connectivity index (χ0v) is 16.1. The number of nitrogens with zero attached hydrogens (tertiary/aromatic N) is 1. The van der Waals surface area contributed by atoms with Gasteiger partial charge in [-0.05, 0) is 66.9 Å². The lowest BCUT2D eigenvalue weighted by atomic mass is 10.1. The highest BCUT2D eigenvalue weighted by Gasteiger charge is 2.31. The second kappa shape index (κ2) is 7.87. The average molecular weight is 388 g/mol. The minimum absolute atomic E-state index is 0.0238. The molecule has 0 saturated heterocycles. The summed E-state index contributed by atoms with van der Waals surface area (Å²) in [6.45, 7) is 2.36. The maximum Gasteiger partial charge on any atom is 0.258 e. The number of amides is 2. The molecule has 2 amide bonds. The van der Waals surface area contributed by atoms with Crippen LogP contribution in [-0.2, 0) is 13.0 Å². The van der Waals surface area contributed by atoms with Gasteiger partial charge in [0, 0.05) is 29.4 Å². The van der Waals surface area contributed by atoms with E-state index >= 15 is 0 Å². The molecule has 0 aromatic heterocycles. The molecule has 0 bridgehead atoms. The van der Waals surface area contributed by atoms with Gasteiger partial charge in [-0.1, -0.05) is 30.3 Å². The highest BCUT2D eigenvalue weighted by Crippen LogP contribution is 2.34. The summed E-state index contributed by atoms with van der Waals surface area (Å²) in [5.41, 5.74) is 3.97. The normalized spacial score (nSPS) is 15.1. The van der Waals surface area contributed by atoms with Crippen LogP contribution in [0.5, 0.6) is 0 Å². The number of rotatable bonds is 4. The number of halogens is 1. The fourth-order valence-electron chi connectivity index (χ4n) is 3.68. The summed E-state index contributed by atoms with van der Waals surface area (Å²) >= 11 is 0. The quantitative estimate of drug-likeness (QED) is 0.723. The smallest absolute Gasteiger partial charge is 0.258 e. The number of hydrogen-bond acceptors (Lipinski definition) is 2. The monoisotopic (exact) mass is 388 g/mol. The Bertz CT molecular complexity index is 1050. The van der Waals surface area contributed by atoms with Crippen LogP contribution in [0, 0.1) is 5.82 Å². The Morgan fingerprint density at radius 3 is 2.45 bits per heavy atom. The molecule has 0 aliphatic carbocycles. The molecule has 4 rings (SSSR count). The SMILES string of the molecule is CC1Cc2ccc(CNC(=O)c3ccc(F)cc3)cc2N1C(=O)c1ccccc1. The van der Waals surface area contributed by atoms with Crippen LogP contribution in [0.4, 0.5) is 10.1 Å². The van der Waals surface area contributed by atoms with Gasteiger partial charge in [0.1, 0.15) is 5.82 Å². The van der Waals surface area contributed by atoms with Crippen molar-refractivity contribution in [2.75, 3.05) is 4.90 Å². The van der Waals surface area contributed by atoms with Crippen molar-refractivity contribution in [3.05, 3.63) is 101 Å². The molecule has 1 N–H and O–H groups in total. The maximum atomic E-state index is 13.0. The first-order valence-electron chi connectivity index (χ1n) is 9.57. The van der Waals surface area contributed by atoms with E-state index in [9.17, 15) is 14.0 Å². The van der Waals surface area contributed by atoms with Crippen molar-refractivity contribution in [2.45, 2.75) is 25.9 Å². The molecule has 1 atom stereocenters. The fraction of sp³-hybridized carbons (Fsp3) is 0.167. The molecule has 5 heteroatoms. The van der Waals surface area contributed by atoms with Crippen LogP contribution in [0.25, 0.3) is 0 Å². The van der Waals surface area contributed by atoms with Crippen LogP contribution in [-0.4, -0.2) is 17.9 Å². The third-order valence-electron chi connectivity index (χ3n) is 5.16. The standard InChI is InChI=1S/C24H21FN2O2/c1-16-13-20-8-7-17(15-26-23(28)18-9-11-21(25)12-10-18)14-22(20)27(16)24(29)19-5-3-2-4-6-19/h2-12,14,16H,13,15H2,1H3,(H,26,28). The molecule has 1 aliphatic rings. The van der Waals surface area contributed by atoms with Crippen molar-refractivity contribution >= 4 is 17.5 Å². The molecular weight excluding hydrogens is 367 g/mol. The van der Waals surface area contributed by atoms with Crippen molar-refractivity contribution in [1.82, 2.24) is 5.32 Å². The molecule has 29 heavy (non-hydrogen) atoms. The Morgan fingerprint density at radius 1 is 1.00 bits per heavy atom. The van der Waals surface area contributed by atoms with Gasteiger partial charge in [-0.2, -0.15) is 0 Å². The van der Waals surface area contributed by atoms with Crippen molar-refractivity contribution in [3.8, 4) is 0 Å². The van der Waals surface area contributed by atoms with E-state index in [-0.39, 0.29) is 23.7 Å². The Kier molecular flexibility index (Phi) is 5.12. The minimum Gasteiger partial charge on any atom is -0.348 e. The van der Waals surface area contributed by atoms with Crippen molar-refractivity contribution in [1.29, 1.82) is 0 Å². The van der Waals surface area contributed by atoms with Crippen LogP contribution in [0.15, 0.2) is 72.8 Å². The minimum atomic E-state index is -0.377. The Hall–Kier alpha value is -3.47. The number of hydrogen-bond donors (Lipinski definition) is 1. The number of anilines is 1. The summed E-state index contributed by atoms with van der Waals surface area (Å²) in [6.07, 6.45) is 0.802. The zero-order valence-electron chi connectivity index (χ0n) is 16.1. The molecule has 1 aliphatic heterocycles. The number of carbonyl (C=O) groups excluding carboxylic acids is 2. The number of nitrogens with one attached hydrogen (secondary N) is 1. The van der Waals surface area contributed by atoms with Crippen LogP contribution >= 0.6 is 0 Å². The predicted molar refractivity (Wildman–Crippen MR) is 110 cm³/mol. The van der Waals surface area contributed by atoms with Gasteiger partial charge in [0.15, 0.2) is 0 Å². The van der Waals surface area contributed by atoms with Gasteiger partial charge in [0.25, 0.3) is 11.8 Å². The van der Waals surface area contributed by atoms with Gasteiger partial charge < -0.3 is 10.2 Å². The molecule has 3 aromatic rings. The van der Waals surface area contributed by atoms with E-state index in [0.717, 1.165) is 23.2 Å². The largest absolute Gasteiger partial charge is 0.348 e. The van der Waals surface area contributed by atoms with E-state index in [1.54, 1.807) is 0 Å². The summed E-state index contributed by atoms with van der Waals surface area (Å²) in [5, 5.41) is 2.85. The molecule has 0 spiro atoms. The summed E-state index contributed by atoms with van der Waals surface area (Å²) in [7, 11) is 0. The van der Waals surface area contributed by atoms with Gasteiger partial charge in [-0.15, -0.1) is 0 Å². The molecular formula is C24H21FN2O2. The van der Waals surface area contributed by atoms with Crippen molar-refractivity contribution in [2.24, 2.45) is 0 Å².